The van der Waals surface area contributed by atoms with E-state index in [1.54, 1.807) is 33.8 Å². The van der Waals surface area contributed by atoms with Crippen LogP contribution in [0.5, 0.6) is 0 Å². The van der Waals surface area contributed by atoms with Crippen molar-refractivity contribution < 1.29 is 18.1 Å². The molecule has 110 valence electrons. The number of halogens is 2. The number of pyridine rings is 1. The number of nitrogens with zero attached hydrogens (tertiary/aromatic N) is 2. The summed E-state index contributed by atoms with van der Waals surface area (Å²) in [6, 6.07) is 2.88. The number of aromatic nitrogens is 1. The lowest BCUT2D eigenvalue weighted by atomic mass is 9.87. The highest BCUT2D eigenvalue weighted by Crippen LogP contribution is 2.39. The maximum absolute atomic E-state index is 14.2. The highest BCUT2D eigenvalue weighted by Gasteiger charge is 2.53. The van der Waals surface area contributed by atoms with E-state index in [4.69, 9.17) is 14.6 Å². The third-order valence-electron chi connectivity index (χ3n) is 3.80. The minimum Gasteiger partial charge on any atom is -0.398 e. The Bertz CT molecular complexity index is 622. The van der Waals surface area contributed by atoms with Crippen LogP contribution in [0, 0.1) is 17.1 Å². The minimum absolute atomic E-state index is 0.0752. The molecule has 1 aromatic rings. The van der Waals surface area contributed by atoms with E-state index >= 15 is 0 Å². The maximum Gasteiger partial charge on any atom is 0.525 e. The van der Waals surface area contributed by atoms with Gasteiger partial charge in [-0.25, -0.2) is 13.8 Å². The third-order valence-corrected chi connectivity index (χ3v) is 3.80. The largest absolute Gasteiger partial charge is 0.525 e. The fourth-order valence-electron chi connectivity index (χ4n) is 1.82. The van der Waals surface area contributed by atoms with Crippen LogP contribution in [-0.4, -0.2) is 23.3 Å². The Balaban J connectivity index is 2.30. The molecule has 1 fully saturated rings. The van der Waals surface area contributed by atoms with E-state index in [1.807, 2.05) is 0 Å². The van der Waals surface area contributed by atoms with Crippen LogP contribution in [-0.2, 0) is 9.31 Å². The minimum atomic E-state index is -1.20. The van der Waals surface area contributed by atoms with Crippen LogP contribution < -0.4 is 0 Å². The maximum atomic E-state index is 14.2. The molecule has 1 aromatic heterocycles. The molecule has 0 bridgehead atoms. The van der Waals surface area contributed by atoms with Crippen LogP contribution in [0.2, 0.25) is 0 Å². The van der Waals surface area contributed by atoms with E-state index in [1.165, 1.54) is 12.3 Å². The smallest absolute Gasteiger partial charge is 0.398 e. The summed E-state index contributed by atoms with van der Waals surface area (Å²) in [5.74, 6) is -0.869. The van der Waals surface area contributed by atoms with Crippen molar-refractivity contribution in [2.75, 3.05) is 0 Å². The summed E-state index contributed by atoms with van der Waals surface area (Å²) in [6.45, 7) is 7.17. The zero-order chi connectivity index (χ0) is 15.8. The van der Waals surface area contributed by atoms with Crippen LogP contribution in [0.25, 0.3) is 6.08 Å². The lowest BCUT2D eigenvalue weighted by Gasteiger charge is -2.32. The van der Waals surface area contributed by atoms with Gasteiger partial charge in [-0.3, -0.25) is 0 Å². The first-order valence-electron chi connectivity index (χ1n) is 6.45. The average molecular weight is 292 g/mol. The molecule has 1 aliphatic rings. The number of rotatable bonds is 2. The molecule has 2 rings (SSSR count). The van der Waals surface area contributed by atoms with Gasteiger partial charge >= 0.3 is 7.12 Å². The van der Waals surface area contributed by atoms with Crippen LogP contribution in [0.1, 0.15) is 39.0 Å². The van der Waals surface area contributed by atoms with Gasteiger partial charge in [0.15, 0.2) is 11.5 Å². The van der Waals surface area contributed by atoms with Gasteiger partial charge in [0, 0.05) is 11.8 Å². The van der Waals surface area contributed by atoms with Gasteiger partial charge in [-0.15, -0.1) is 0 Å². The van der Waals surface area contributed by atoms with E-state index in [-0.39, 0.29) is 11.3 Å². The normalized spacial score (nSPS) is 20.4. The molecule has 0 aromatic carbocycles. The Morgan fingerprint density at radius 1 is 1.33 bits per heavy atom. The summed E-state index contributed by atoms with van der Waals surface area (Å²) in [6.07, 6.45) is 2.20. The van der Waals surface area contributed by atoms with Crippen molar-refractivity contribution in [3.63, 3.8) is 0 Å². The zero-order valence-electron chi connectivity index (χ0n) is 12.3. The van der Waals surface area contributed by atoms with Crippen LogP contribution >= 0.6 is 0 Å². The second-order valence-corrected chi connectivity index (χ2v) is 5.79. The standard InChI is InChI=1S/C14H15BF2N2O2/c1-13(2)14(3,4)21-15(20-13)11(16)7-9-5-6-19-10(8-18)12(9)17/h5-7H,1-4H3. The van der Waals surface area contributed by atoms with E-state index in [0.717, 1.165) is 6.08 Å². The van der Waals surface area contributed by atoms with E-state index in [0.29, 0.717) is 0 Å². The molecule has 0 saturated carbocycles. The van der Waals surface area contributed by atoms with Gasteiger partial charge in [-0.2, -0.15) is 5.26 Å². The fourth-order valence-corrected chi connectivity index (χ4v) is 1.82. The topological polar surface area (TPSA) is 55.1 Å². The predicted octanol–water partition coefficient (Wildman–Crippen LogP) is 3.03. The van der Waals surface area contributed by atoms with Crippen molar-refractivity contribution >= 4 is 13.2 Å². The van der Waals surface area contributed by atoms with E-state index in [9.17, 15) is 8.78 Å². The summed E-state index contributed by atoms with van der Waals surface area (Å²) in [5.41, 5.74) is -2.59. The highest BCUT2D eigenvalue weighted by atomic mass is 19.1. The van der Waals surface area contributed by atoms with Gasteiger partial charge in [0.2, 0.25) is 0 Å². The zero-order valence-corrected chi connectivity index (χ0v) is 12.3. The first kappa shape index (κ1) is 15.6. The third kappa shape index (κ3) is 2.82. The molecule has 7 heteroatoms. The first-order chi connectivity index (χ1) is 9.68. The van der Waals surface area contributed by atoms with Crippen LogP contribution in [0.15, 0.2) is 18.0 Å². The SMILES string of the molecule is CC1(C)OB(C(F)=Cc2ccnc(C#N)c2F)OC1(C)C. The highest BCUT2D eigenvalue weighted by molar-refractivity contribution is 6.54. The van der Waals surface area contributed by atoms with E-state index in [2.05, 4.69) is 4.98 Å². The summed E-state index contributed by atoms with van der Waals surface area (Å²) < 4.78 is 39.1. The summed E-state index contributed by atoms with van der Waals surface area (Å²) in [5, 5.41) is 8.71. The van der Waals surface area contributed by atoms with Gasteiger partial charge < -0.3 is 9.31 Å². The van der Waals surface area contributed by atoms with Crippen molar-refractivity contribution in [1.82, 2.24) is 4.98 Å². The van der Waals surface area contributed by atoms with Crippen LogP contribution in [0.3, 0.4) is 0 Å². The van der Waals surface area contributed by atoms with Gasteiger partial charge in [0.1, 0.15) is 11.8 Å². The molecule has 0 N–H and O–H groups in total. The molecule has 1 aliphatic heterocycles. The Morgan fingerprint density at radius 3 is 2.43 bits per heavy atom. The molecule has 21 heavy (non-hydrogen) atoms. The van der Waals surface area contributed by atoms with Crippen molar-refractivity contribution in [1.29, 1.82) is 5.26 Å². The Morgan fingerprint density at radius 2 is 1.90 bits per heavy atom. The van der Waals surface area contributed by atoms with E-state index < -0.39 is 29.9 Å². The molecule has 0 aliphatic carbocycles. The predicted molar refractivity (Wildman–Crippen MR) is 74.1 cm³/mol. The second kappa shape index (κ2) is 5.21. The summed E-state index contributed by atoms with van der Waals surface area (Å²) in [7, 11) is -1.20. The monoisotopic (exact) mass is 292 g/mol. The quantitative estimate of drug-likeness (QED) is 0.786. The van der Waals surface area contributed by atoms with Gasteiger partial charge in [-0.1, -0.05) is 0 Å². The Kier molecular flexibility index (Phi) is 3.87. The molecule has 0 spiro atoms. The molecule has 0 radical (unpaired) electrons. The van der Waals surface area contributed by atoms with Crippen LogP contribution in [0.4, 0.5) is 8.78 Å². The van der Waals surface area contributed by atoms with Crippen molar-refractivity contribution in [2.45, 2.75) is 38.9 Å². The van der Waals surface area contributed by atoms with Gasteiger partial charge in [0.25, 0.3) is 0 Å². The van der Waals surface area contributed by atoms with Crippen molar-refractivity contribution in [2.24, 2.45) is 0 Å². The first-order valence-corrected chi connectivity index (χ1v) is 6.45. The Labute approximate surface area is 122 Å². The molecule has 2 heterocycles. The van der Waals surface area contributed by atoms with Gasteiger partial charge in [0.05, 0.1) is 11.2 Å². The van der Waals surface area contributed by atoms with Crippen molar-refractivity contribution in [3.05, 3.63) is 35.1 Å². The molecular weight excluding hydrogens is 277 g/mol. The molecule has 0 unspecified atom stereocenters. The lowest BCUT2D eigenvalue weighted by molar-refractivity contribution is 0.00578. The molecule has 4 nitrogen and oxygen atoms in total. The number of nitriles is 1. The number of hydrogen-bond donors (Lipinski definition) is 0. The molecular formula is C14H15BF2N2O2. The van der Waals surface area contributed by atoms with Crippen molar-refractivity contribution in [3.8, 4) is 6.07 Å². The molecule has 1 saturated heterocycles. The lowest BCUT2D eigenvalue weighted by Crippen LogP contribution is -2.41. The second-order valence-electron chi connectivity index (χ2n) is 5.79. The average Bonchev–Trinajstić information content (AvgIpc) is 2.61. The molecule has 0 amide bonds. The van der Waals surface area contributed by atoms with Gasteiger partial charge in [-0.05, 0) is 39.8 Å². The number of hydrogen-bond acceptors (Lipinski definition) is 4. The summed E-state index contributed by atoms with van der Waals surface area (Å²) in [4.78, 5) is 3.56. The summed E-state index contributed by atoms with van der Waals surface area (Å²) >= 11 is 0. The molecule has 0 atom stereocenters. The fraction of sp³-hybridized carbons (Fsp3) is 0.429. The Hall–Kier alpha value is -1.78.